The molecule has 0 aromatic rings. The Labute approximate surface area is 108 Å². The highest BCUT2D eigenvalue weighted by Gasteiger charge is 2.45. The lowest BCUT2D eigenvalue weighted by molar-refractivity contribution is 0.0461. The van der Waals surface area contributed by atoms with Crippen LogP contribution in [0.25, 0.3) is 0 Å². The van der Waals surface area contributed by atoms with Gasteiger partial charge in [-0.3, -0.25) is 0 Å². The number of hydrogen-bond acceptors (Lipinski definition) is 1. The molecule has 4 unspecified atom stereocenters. The third kappa shape index (κ3) is 2.54. The molecule has 0 saturated heterocycles. The molecule has 2 fully saturated rings. The number of nitrogens with two attached hydrogens (primary N) is 1. The van der Waals surface area contributed by atoms with Crippen LogP contribution in [-0.2, 0) is 0 Å². The van der Waals surface area contributed by atoms with E-state index in [2.05, 4.69) is 13.8 Å². The molecule has 2 aliphatic carbocycles. The van der Waals surface area contributed by atoms with E-state index in [1.165, 1.54) is 64.2 Å². The van der Waals surface area contributed by atoms with E-state index in [-0.39, 0.29) is 5.54 Å². The first-order valence-electron chi connectivity index (χ1n) is 8.01. The van der Waals surface area contributed by atoms with Gasteiger partial charge in [-0.25, -0.2) is 0 Å². The second-order valence-corrected chi connectivity index (χ2v) is 6.52. The molecule has 0 heterocycles. The zero-order chi connectivity index (χ0) is 12.3. The maximum absolute atomic E-state index is 6.95. The second-order valence-electron chi connectivity index (χ2n) is 6.52. The van der Waals surface area contributed by atoms with Crippen molar-refractivity contribution in [3.8, 4) is 0 Å². The second kappa shape index (κ2) is 5.73. The van der Waals surface area contributed by atoms with Gasteiger partial charge in [-0.05, 0) is 37.0 Å². The summed E-state index contributed by atoms with van der Waals surface area (Å²) in [5, 5.41) is 0. The van der Waals surface area contributed by atoms with Crippen molar-refractivity contribution >= 4 is 0 Å². The molecular formula is C16H31N. The van der Waals surface area contributed by atoms with E-state index >= 15 is 0 Å². The first-order chi connectivity index (χ1) is 8.22. The highest BCUT2D eigenvalue weighted by molar-refractivity contribution is 5.01. The molecule has 4 atom stereocenters. The van der Waals surface area contributed by atoms with Crippen molar-refractivity contribution in [1.29, 1.82) is 0 Å². The number of hydrogen-bond donors (Lipinski definition) is 1. The van der Waals surface area contributed by atoms with Crippen molar-refractivity contribution in [2.75, 3.05) is 0 Å². The van der Waals surface area contributed by atoms with Gasteiger partial charge in [0.05, 0.1) is 0 Å². The summed E-state index contributed by atoms with van der Waals surface area (Å²) in [5.41, 5.74) is 7.14. The maximum Gasteiger partial charge on any atom is 0.0214 e. The average Bonchev–Trinajstić information content (AvgIpc) is 2.39. The minimum Gasteiger partial charge on any atom is -0.325 e. The summed E-state index contributed by atoms with van der Waals surface area (Å²) in [6, 6.07) is 0. The summed E-state index contributed by atoms with van der Waals surface area (Å²) in [6.07, 6.45) is 13.8. The minimum atomic E-state index is 0.189. The molecule has 0 aromatic heterocycles. The van der Waals surface area contributed by atoms with Gasteiger partial charge < -0.3 is 5.73 Å². The van der Waals surface area contributed by atoms with Crippen LogP contribution in [0, 0.1) is 17.8 Å². The molecule has 0 aromatic carbocycles. The lowest BCUT2D eigenvalue weighted by Gasteiger charge is -2.51. The maximum atomic E-state index is 6.95. The fourth-order valence-corrected chi connectivity index (χ4v) is 4.77. The lowest BCUT2D eigenvalue weighted by atomic mass is 9.58. The topological polar surface area (TPSA) is 26.0 Å². The van der Waals surface area contributed by atoms with Crippen LogP contribution in [0.1, 0.15) is 78.1 Å². The van der Waals surface area contributed by atoms with Gasteiger partial charge in [0.15, 0.2) is 0 Å². The van der Waals surface area contributed by atoms with Gasteiger partial charge in [-0.15, -0.1) is 0 Å². The molecular weight excluding hydrogens is 206 g/mol. The molecule has 2 aliphatic rings. The Kier molecular flexibility index (Phi) is 4.52. The summed E-state index contributed by atoms with van der Waals surface area (Å²) >= 11 is 0. The van der Waals surface area contributed by atoms with Crippen LogP contribution >= 0.6 is 0 Å². The van der Waals surface area contributed by atoms with Gasteiger partial charge in [-0.2, -0.15) is 0 Å². The molecule has 1 heteroatoms. The summed E-state index contributed by atoms with van der Waals surface area (Å²) in [4.78, 5) is 0. The molecule has 1 nitrogen and oxygen atoms in total. The predicted octanol–water partition coefficient (Wildman–Crippen LogP) is 4.50. The summed E-state index contributed by atoms with van der Waals surface area (Å²) in [6.45, 7) is 4.72. The largest absolute Gasteiger partial charge is 0.325 e. The average molecular weight is 237 g/mol. The Balaban J connectivity index is 2.15. The van der Waals surface area contributed by atoms with Crippen molar-refractivity contribution in [1.82, 2.24) is 0 Å². The third-order valence-electron chi connectivity index (χ3n) is 5.79. The van der Waals surface area contributed by atoms with E-state index in [0.717, 1.165) is 17.8 Å². The van der Waals surface area contributed by atoms with Gasteiger partial charge in [0.2, 0.25) is 0 Å². The van der Waals surface area contributed by atoms with Gasteiger partial charge >= 0.3 is 0 Å². The molecule has 0 radical (unpaired) electrons. The van der Waals surface area contributed by atoms with Crippen LogP contribution in [-0.4, -0.2) is 5.54 Å². The molecule has 17 heavy (non-hydrogen) atoms. The van der Waals surface area contributed by atoms with Crippen molar-refractivity contribution in [2.45, 2.75) is 83.6 Å². The smallest absolute Gasteiger partial charge is 0.0214 e. The zero-order valence-corrected chi connectivity index (χ0v) is 11.9. The van der Waals surface area contributed by atoms with Crippen molar-refractivity contribution in [3.05, 3.63) is 0 Å². The summed E-state index contributed by atoms with van der Waals surface area (Å²) in [5.74, 6) is 2.54. The van der Waals surface area contributed by atoms with Crippen LogP contribution in [0.5, 0.6) is 0 Å². The van der Waals surface area contributed by atoms with Crippen molar-refractivity contribution in [2.24, 2.45) is 23.5 Å². The molecule has 2 saturated carbocycles. The normalized spacial score (nSPS) is 43.6. The monoisotopic (exact) mass is 237 g/mol. The zero-order valence-electron chi connectivity index (χ0n) is 11.9. The molecule has 0 bridgehead atoms. The van der Waals surface area contributed by atoms with E-state index < -0.39 is 0 Å². The Hall–Kier alpha value is -0.0400. The van der Waals surface area contributed by atoms with Crippen LogP contribution in [0.2, 0.25) is 0 Å². The van der Waals surface area contributed by atoms with E-state index in [1.54, 1.807) is 0 Å². The van der Waals surface area contributed by atoms with E-state index in [1.807, 2.05) is 0 Å². The van der Waals surface area contributed by atoms with Gasteiger partial charge in [0.25, 0.3) is 0 Å². The lowest BCUT2D eigenvalue weighted by Crippen LogP contribution is -2.57. The number of rotatable bonds is 3. The predicted molar refractivity (Wildman–Crippen MR) is 74.9 cm³/mol. The van der Waals surface area contributed by atoms with Gasteiger partial charge in [0.1, 0.15) is 0 Å². The SMILES string of the molecule is CCC1CCCCC1C1(N)CCCCC1CC. The molecule has 0 aliphatic heterocycles. The molecule has 100 valence electrons. The van der Waals surface area contributed by atoms with Crippen LogP contribution in [0.3, 0.4) is 0 Å². The molecule has 0 spiro atoms. The van der Waals surface area contributed by atoms with Gasteiger partial charge in [0, 0.05) is 5.54 Å². The Morgan fingerprint density at radius 2 is 1.65 bits per heavy atom. The van der Waals surface area contributed by atoms with E-state index in [0.29, 0.717) is 0 Å². The highest BCUT2D eigenvalue weighted by Crippen LogP contribution is 2.47. The quantitative estimate of drug-likeness (QED) is 0.768. The fraction of sp³-hybridized carbons (Fsp3) is 1.00. The van der Waals surface area contributed by atoms with Crippen LogP contribution in [0.15, 0.2) is 0 Å². The minimum absolute atomic E-state index is 0.189. The van der Waals surface area contributed by atoms with Crippen molar-refractivity contribution in [3.63, 3.8) is 0 Å². The van der Waals surface area contributed by atoms with Crippen LogP contribution < -0.4 is 5.73 Å². The Morgan fingerprint density at radius 3 is 2.35 bits per heavy atom. The molecule has 2 N–H and O–H groups in total. The summed E-state index contributed by atoms with van der Waals surface area (Å²) < 4.78 is 0. The summed E-state index contributed by atoms with van der Waals surface area (Å²) in [7, 11) is 0. The van der Waals surface area contributed by atoms with Crippen LogP contribution in [0.4, 0.5) is 0 Å². The molecule has 2 rings (SSSR count). The van der Waals surface area contributed by atoms with Crippen molar-refractivity contribution < 1.29 is 0 Å². The highest BCUT2D eigenvalue weighted by atomic mass is 14.8. The fourth-order valence-electron chi connectivity index (χ4n) is 4.77. The van der Waals surface area contributed by atoms with Gasteiger partial charge in [-0.1, -0.05) is 58.8 Å². The van der Waals surface area contributed by atoms with E-state index in [4.69, 9.17) is 5.73 Å². The standard InChI is InChI=1S/C16H31N/c1-3-13-9-5-6-11-15(13)16(17)12-8-7-10-14(16)4-2/h13-15H,3-12,17H2,1-2H3. The Morgan fingerprint density at radius 1 is 0.941 bits per heavy atom. The van der Waals surface area contributed by atoms with E-state index in [9.17, 15) is 0 Å². The first kappa shape index (κ1) is 13.4. The third-order valence-corrected chi connectivity index (χ3v) is 5.79. The first-order valence-corrected chi connectivity index (χ1v) is 8.01. The molecule has 0 amide bonds. The Bertz CT molecular complexity index is 238.